The number of ether oxygens (including phenoxy) is 1. The Hall–Kier alpha value is -2.28. The van der Waals surface area contributed by atoms with Gasteiger partial charge in [-0.15, -0.1) is 0 Å². The summed E-state index contributed by atoms with van der Waals surface area (Å²) in [6.07, 6.45) is 4.36. The Balaban J connectivity index is 1.29. The van der Waals surface area contributed by atoms with Crippen molar-refractivity contribution in [1.29, 1.82) is 0 Å². The predicted octanol–water partition coefficient (Wildman–Crippen LogP) is 2.25. The summed E-state index contributed by atoms with van der Waals surface area (Å²) in [5.74, 6) is 1.80. The molecule has 4 rings (SSSR count). The van der Waals surface area contributed by atoms with E-state index >= 15 is 0 Å². The van der Waals surface area contributed by atoms with Crippen LogP contribution in [0, 0.1) is 5.92 Å². The summed E-state index contributed by atoms with van der Waals surface area (Å²) in [5.41, 5.74) is 0.758. The van der Waals surface area contributed by atoms with Crippen molar-refractivity contribution in [3.8, 4) is 5.75 Å². The molecule has 1 aliphatic carbocycles. The number of hydrogen-bond acceptors (Lipinski definition) is 4. The number of likely N-dealkylation sites (tertiary alicyclic amines) is 1. The van der Waals surface area contributed by atoms with Crippen molar-refractivity contribution in [2.45, 2.75) is 31.7 Å². The Bertz CT molecular complexity index is 704. The van der Waals surface area contributed by atoms with Crippen LogP contribution >= 0.6 is 0 Å². The second kappa shape index (κ2) is 8.39. The molecule has 1 saturated carbocycles. The van der Waals surface area contributed by atoms with Gasteiger partial charge in [0.1, 0.15) is 5.75 Å². The molecule has 0 aromatic heterocycles. The van der Waals surface area contributed by atoms with Gasteiger partial charge >= 0.3 is 6.03 Å². The molecule has 2 heterocycles. The minimum atomic E-state index is -0.0832. The van der Waals surface area contributed by atoms with Crippen LogP contribution in [0.2, 0.25) is 0 Å². The first kappa shape index (κ1) is 19.1. The van der Waals surface area contributed by atoms with E-state index in [1.807, 2.05) is 29.2 Å². The standard InChI is InChI=1S/C21H30N4O3/c1-28-18-7-5-17(6-8-18)22-21(27)24-11-2-10-23(13-14-24)19-9-12-25(20(19)26)15-16-3-4-16/h5-8,16,19H,2-4,9-15H2,1H3,(H,22,27)/t19-/m1/s1. The van der Waals surface area contributed by atoms with Crippen molar-refractivity contribution in [1.82, 2.24) is 14.7 Å². The van der Waals surface area contributed by atoms with Crippen molar-refractivity contribution in [2.75, 3.05) is 51.7 Å². The van der Waals surface area contributed by atoms with E-state index in [0.29, 0.717) is 19.0 Å². The Labute approximate surface area is 166 Å². The average molecular weight is 386 g/mol. The molecule has 0 radical (unpaired) electrons. The number of carbonyl (C=O) groups is 2. The van der Waals surface area contributed by atoms with E-state index in [1.165, 1.54) is 12.8 Å². The van der Waals surface area contributed by atoms with Gasteiger partial charge in [0.05, 0.1) is 13.2 Å². The number of hydrogen-bond donors (Lipinski definition) is 1. The van der Waals surface area contributed by atoms with Crippen LogP contribution in [0.25, 0.3) is 0 Å². The second-order valence-corrected chi connectivity index (χ2v) is 8.07. The van der Waals surface area contributed by atoms with Crippen molar-refractivity contribution in [3.05, 3.63) is 24.3 Å². The number of nitrogens with one attached hydrogen (secondary N) is 1. The summed E-state index contributed by atoms with van der Waals surface area (Å²) in [4.78, 5) is 31.6. The van der Waals surface area contributed by atoms with Crippen LogP contribution in [-0.4, -0.2) is 79.1 Å². The second-order valence-electron chi connectivity index (χ2n) is 8.07. The van der Waals surface area contributed by atoms with Crippen LogP contribution in [0.4, 0.5) is 10.5 Å². The number of urea groups is 1. The van der Waals surface area contributed by atoms with Crippen molar-refractivity contribution < 1.29 is 14.3 Å². The summed E-state index contributed by atoms with van der Waals surface area (Å²) < 4.78 is 5.15. The zero-order valence-corrected chi connectivity index (χ0v) is 16.6. The fourth-order valence-corrected chi connectivity index (χ4v) is 4.18. The summed E-state index contributed by atoms with van der Waals surface area (Å²) in [5, 5.41) is 2.96. The highest BCUT2D eigenvalue weighted by Crippen LogP contribution is 2.31. The van der Waals surface area contributed by atoms with Crippen LogP contribution in [0.15, 0.2) is 24.3 Å². The first-order chi connectivity index (χ1) is 13.6. The molecule has 7 heteroatoms. The smallest absolute Gasteiger partial charge is 0.321 e. The molecule has 3 amide bonds. The molecule has 1 aromatic carbocycles. The van der Waals surface area contributed by atoms with E-state index in [1.54, 1.807) is 7.11 Å². The molecule has 0 spiro atoms. The molecule has 3 fully saturated rings. The Morgan fingerprint density at radius 2 is 1.86 bits per heavy atom. The molecule has 2 saturated heterocycles. The third kappa shape index (κ3) is 4.41. The van der Waals surface area contributed by atoms with Crippen LogP contribution in [0.1, 0.15) is 25.7 Å². The van der Waals surface area contributed by atoms with Crippen LogP contribution in [0.3, 0.4) is 0 Å². The number of benzene rings is 1. The van der Waals surface area contributed by atoms with Gasteiger partial charge in [0, 0.05) is 45.0 Å². The molecular weight excluding hydrogens is 356 g/mol. The van der Waals surface area contributed by atoms with E-state index in [9.17, 15) is 9.59 Å². The van der Waals surface area contributed by atoms with Gasteiger partial charge in [0.2, 0.25) is 5.91 Å². The molecule has 1 atom stereocenters. The number of rotatable bonds is 5. The molecule has 28 heavy (non-hydrogen) atoms. The maximum Gasteiger partial charge on any atom is 0.321 e. The predicted molar refractivity (Wildman–Crippen MR) is 107 cm³/mol. The Morgan fingerprint density at radius 3 is 2.57 bits per heavy atom. The fourth-order valence-electron chi connectivity index (χ4n) is 4.18. The van der Waals surface area contributed by atoms with E-state index < -0.39 is 0 Å². The first-order valence-corrected chi connectivity index (χ1v) is 10.4. The SMILES string of the molecule is COc1ccc(NC(=O)N2CCCN([C@@H]3CCN(CC4CC4)C3=O)CC2)cc1. The highest BCUT2D eigenvalue weighted by molar-refractivity contribution is 5.89. The van der Waals surface area contributed by atoms with E-state index in [4.69, 9.17) is 4.74 Å². The van der Waals surface area contributed by atoms with Crippen LogP contribution < -0.4 is 10.1 Å². The van der Waals surface area contributed by atoms with Gasteiger partial charge in [-0.1, -0.05) is 0 Å². The minimum Gasteiger partial charge on any atom is -0.497 e. The summed E-state index contributed by atoms with van der Waals surface area (Å²) in [6, 6.07) is 7.26. The summed E-state index contributed by atoms with van der Waals surface area (Å²) in [6.45, 7) is 4.82. The van der Waals surface area contributed by atoms with Gasteiger partial charge in [-0.25, -0.2) is 4.79 Å². The number of nitrogens with zero attached hydrogens (tertiary/aromatic N) is 3. The van der Waals surface area contributed by atoms with Crippen LogP contribution in [-0.2, 0) is 4.79 Å². The quantitative estimate of drug-likeness (QED) is 0.843. The third-order valence-electron chi connectivity index (χ3n) is 6.04. The van der Waals surface area contributed by atoms with Crippen LogP contribution in [0.5, 0.6) is 5.75 Å². The van der Waals surface area contributed by atoms with Crippen molar-refractivity contribution >= 4 is 17.6 Å². The van der Waals surface area contributed by atoms with Gasteiger partial charge in [0.25, 0.3) is 0 Å². The molecule has 1 aromatic rings. The van der Waals surface area contributed by atoms with Gasteiger partial charge in [0.15, 0.2) is 0 Å². The van der Waals surface area contributed by atoms with E-state index in [-0.39, 0.29) is 12.1 Å². The maximum atomic E-state index is 12.8. The van der Waals surface area contributed by atoms with E-state index in [0.717, 1.165) is 56.4 Å². The molecule has 1 N–H and O–H groups in total. The molecule has 7 nitrogen and oxygen atoms in total. The molecule has 3 aliphatic rings. The lowest BCUT2D eigenvalue weighted by Crippen LogP contribution is -2.44. The normalized spacial score (nSPS) is 23.6. The molecule has 0 bridgehead atoms. The first-order valence-electron chi connectivity index (χ1n) is 10.4. The topological polar surface area (TPSA) is 65.1 Å². The number of amides is 3. The van der Waals surface area contributed by atoms with E-state index in [2.05, 4.69) is 15.1 Å². The highest BCUT2D eigenvalue weighted by Gasteiger charge is 2.38. The molecule has 0 unspecified atom stereocenters. The fraction of sp³-hybridized carbons (Fsp3) is 0.619. The van der Waals surface area contributed by atoms with Gasteiger partial charge < -0.3 is 19.9 Å². The monoisotopic (exact) mass is 386 g/mol. The van der Waals surface area contributed by atoms with Gasteiger partial charge in [-0.05, 0) is 55.9 Å². The van der Waals surface area contributed by atoms with Crippen molar-refractivity contribution in [3.63, 3.8) is 0 Å². The zero-order valence-electron chi connectivity index (χ0n) is 16.6. The number of methoxy groups -OCH3 is 1. The molecule has 152 valence electrons. The average Bonchev–Trinajstić information content (AvgIpc) is 3.49. The lowest BCUT2D eigenvalue weighted by Gasteiger charge is -2.26. The molecular formula is C21H30N4O3. The van der Waals surface area contributed by atoms with Crippen molar-refractivity contribution in [2.24, 2.45) is 5.92 Å². The van der Waals surface area contributed by atoms with Gasteiger partial charge in [-0.2, -0.15) is 0 Å². The third-order valence-corrected chi connectivity index (χ3v) is 6.04. The maximum absolute atomic E-state index is 12.8. The highest BCUT2D eigenvalue weighted by atomic mass is 16.5. The summed E-state index contributed by atoms with van der Waals surface area (Å²) >= 11 is 0. The lowest BCUT2D eigenvalue weighted by atomic mass is 10.2. The number of anilines is 1. The Morgan fingerprint density at radius 1 is 1.07 bits per heavy atom. The summed E-state index contributed by atoms with van der Waals surface area (Å²) in [7, 11) is 1.62. The largest absolute Gasteiger partial charge is 0.497 e. The molecule has 2 aliphatic heterocycles. The minimum absolute atomic E-state index is 0.00310. The number of carbonyl (C=O) groups excluding carboxylic acids is 2. The zero-order chi connectivity index (χ0) is 19.5. The van der Waals surface area contributed by atoms with Gasteiger partial charge in [-0.3, -0.25) is 9.69 Å². The Kier molecular flexibility index (Phi) is 5.71. The lowest BCUT2D eigenvalue weighted by molar-refractivity contribution is -0.132.